The first-order valence-corrected chi connectivity index (χ1v) is 10.8. The van der Waals surface area contributed by atoms with Crippen LogP contribution in [0.2, 0.25) is 5.15 Å². The number of aromatic nitrogens is 2. The highest BCUT2D eigenvalue weighted by molar-refractivity contribution is 6.29. The van der Waals surface area contributed by atoms with Crippen LogP contribution in [0, 0.1) is 0 Å². The second-order valence-corrected chi connectivity index (χ2v) is 8.05. The number of halogens is 1. The third kappa shape index (κ3) is 3.51. The van der Waals surface area contributed by atoms with Gasteiger partial charge in [-0.2, -0.15) is 0 Å². The van der Waals surface area contributed by atoms with E-state index in [2.05, 4.69) is 40.3 Å². The van der Waals surface area contributed by atoms with E-state index in [1.807, 2.05) is 48.2 Å². The lowest BCUT2D eigenvalue weighted by molar-refractivity contribution is 0.0994. The zero-order chi connectivity index (χ0) is 22.2. The Labute approximate surface area is 191 Å². The summed E-state index contributed by atoms with van der Waals surface area (Å²) < 4.78 is 0. The maximum atomic E-state index is 13.3. The number of pyridine rings is 2. The third-order valence-electron chi connectivity index (χ3n) is 5.67. The number of amides is 1. The van der Waals surface area contributed by atoms with Gasteiger partial charge in [-0.25, -0.2) is 9.97 Å². The topological polar surface area (TPSA) is 49.3 Å². The zero-order valence-corrected chi connectivity index (χ0v) is 18.5. The number of carbonyl (C=O) groups is 1. The average Bonchev–Trinajstić information content (AvgIpc) is 2.90. The van der Waals surface area contributed by atoms with Crippen molar-refractivity contribution in [1.29, 1.82) is 0 Å². The van der Waals surface area contributed by atoms with Crippen LogP contribution in [-0.4, -0.2) is 29.5 Å². The Morgan fingerprint density at radius 3 is 2.53 bits per heavy atom. The molecule has 0 bridgehead atoms. The second kappa shape index (κ2) is 8.09. The Kier molecular flexibility index (Phi) is 5.11. The summed E-state index contributed by atoms with van der Waals surface area (Å²) in [5.41, 5.74) is 3.17. The molecule has 158 valence electrons. The Hall–Kier alpha value is -3.70. The first kappa shape index (κ1) is 20.2. The summed E-state index contributed by atoms with van der Waals surface area (Å²) in [6, 6.07) is 20.0. The number of hydrogen-bond acceptors (Lipinski definition) is 4. The molecule has 0 unspecified atom stereocenters. The van der Waals surface area contributed by atoms with Gasteiger partial charge >= 0.3 is 0 Å². The van der Waals surface area contributed by atoms with Gasteiger partial charge in [-0.15, -0.1) is 0 Å². The molecule has 6 heteroatoms. The second-order valence-electron chi connectivity index (χ2n) is 7.66. The fraction of sp³-hybridized carbons (Fsp3) is 0.115. The highest BCUT2D eigenvalue weighted by atomic mass is 35.5. The van der Waals surface area contributed by atoms with Crippen LogP contribution in [0.3, 0.4) is 0 Å². The highest BCUT2D eigenvalue weighted by Gasteiger charge is 2.30. The minimum Gasteiger partial charge on any atom is -0.309 e. The fourth-order valence-corrected chi connectivity index (χ4v) is 4.15. The predicted octanol–water partition coefficient (Wildman–Crippen LogP) is 6.20. The van der Waals surface area contributed by atoms with Crippen LogP contribution in [0.15, 0.2) is 66.9 Å². The molecule has 4 aromatic rings. The maximum Gasteiger partial charge on any atom is 0.261 e. The van der Waals surface area contributed by atoms with Crippen LogP contribution in [0.5, 0.6) is 0 Å². The molecule has 2 aromatic carbocycles. The van der Waals surface area contributed by atoms with Crippen molar-refractivity contribution in [3.05, 3.63) is 88.7 Å². The molecule has 0 saturated heterocycles. The Morgan fingerprint density at radius 1 is 0.938 bits per heavy atom. The van der Waals surface area contributed by atoms with Crippen molar-refractivity contribution in [1.82, 2.24) is 9.97 Å². The van der Waals surface area contributed by atoms with Crippen molar-refractivity contribution >= 4 is 57.8 Å². The molecule has 1 aliphatic heterocycles. The number of hydrogen-bond donors (Lipinski definition) is 0. The summed E-state index contributed by atoms with van der Waals surface area (Å²) in [5, 5.41) is 2.77. The Bertz CT molecular complexity index is 1380. The first-order valence-electron chi connectivity index (χ1n) is 10.4. The van der Waals surface area contributed by atoms with Gasteiger partial charge in [0.2, 0.25) is 0 Å². The van der Waals surface area contributed by atoms with E-state index < -0.39 is 0 Å². The minimum absolute atomic E-state index is 0.130. The molecule has 0 radical (unpaired) electrons. The van der Waals surface area contributed by atoms with E-state index in [1.165, 1.54) is 10.8 Å². The largest absolute Gasteiger partial charge is 0.309 e. The fourth-order valence-electron chi connectivity index (χ4n) is 4.01. The Morgan fingerprint density at radius 2 is 1.72 bits per heavy atom. The molecule has 0 N–H and O–H groups in total. The molecule has 3 heterocycles. The minimum atomic E-state index is -0.130. The van der Waals surface area contributed by atoms with Gasteiger partial charge in [0.25, 0.3) is 5.91 Å². The monoisotopic (exact) mass is 440 g/mol. The highest BCUT2D eigenvalue weighted by Crippen LogP contribution is 2.38. The van der Waals surface area contributed by atoms with Gasteiger partial charge in [0.1, 0.15) is 11.0 Å². The summed E-state index contributed by atoms with van der Waals surface area (Å²) in [6.07, 6.45) is 5.80. The van der Waals surface area contributed by atoms with Gasteiger partial charge in [0.05, 0.1) is 11.3 Å². The summed E-state index contributed by atoms with van der Waals surface area (Å²) in [4.78, 5) is 25.9. The normalized spacial score (nSPS) is 13.4. The molecule has 0 fully saturated rings. The van der Waals surface area contributed by atoms with Crippen molar-refractivity contribution in [2.24, 2.45) is 0 Å². The van der Waals surface area contributed by atoms with Gasteiger partial charge in [0.15, 0.2) is 5.82 Å². The SMILES string of the molecule is CCN1c2ncc(/C=C/c3ccc4ccccc4c3)cc2C(=O)N(C)c2ccc(Cl)nc21. The van der Waals surface area contributed by atoms with Gasteiger partial charge in [-0.3, -0.25) is 4.79 Å². The van der Waals surface area contributed by atoms with Crippen molar-refractivity contribution in [2.75, 3.05) is 23.4 Å². The van der Waals surface area contributed by atoms with E-state index in [1.54, 1.807) is 24.2 Å². The first-order chi connectivity index (χ1) is 15.5. The Balaban J connectivity index is 1.54. The van der Waals surface area contributed by atoms with E-state index in [9.17, 15) is 4.79 Å². The van der Waals surface area contributed by atoms with Crippen molar-refractivity contribution < 1.29 is 4.79 Å². The number of nitrogens with zero attached hydrogens (tertiary/aromatic N) is 4. The van der Waals surface area contributed by atoms with Crippen LogP contribution in [0.25, 0.3) is 22.9 Å². The van der Waals surface area contributed by atoms with Crippen LogP contribution in [0.4, 0.5) is 17.3 Å². The van der Waals surface area contributed by atoms with Crippen LogP contribution < -0.4 is 9.80 Å². The van der Waals surface area contributed by atoms with Gasteiger partial charge < -0.3 is 9.80 Å². The van der Waals surface area contributed by atoms with Crippen LogP contribution in [0.1, 0.15) is 28.4 Å². The summed E-state index contributed by atoms with van der Waals surface area (Å²) in [7, 11) is 1.75. The lowest BCUT2D eigenvalue weighted by Crippen LogP contribution is -2.25. The van der Waals surface area contributed by atoms with E-state index in [0.29, 0.717) is 34.6 Å². The standard InChI is InChI=1S/C26H21ClN4O/c1-3-31-24-21(26(32)30(2)22-12-13-23(27)29-25(22)31)15-18(16-28-24)9-8-17-10-11-19-6-4-5-7-20(19)14-17/h4-16H,3H2,1-2H3/b9-8+. The van der Waals surface area contributed by atoms with E-state index in [-0.39, 0.29) is 5.91 Å². The molecule has 2 aromatic heterocycles. The van der Waals surface area contributed by atoms with Crippen molar-refractivity contribution in [2.45, 2.75) is 6.92 Å². The summed E-state index contributed by atoms with van der Waals surface area (Å²) >= 11 is 6.15. The van der Waals surface area contributed by atoms with Crippen molar-refractivity contribution in [3.8, 4) is 0 Å². The molecule has 5 rings (SSSR count). The van der Waals surface area contributed by atoms with Crippen LogP contribution in [-0.2, 0) is 0 Å². The molecule has 0 aliphatic carbocycles. The molecule has 0 spiro atoms. The zero-order valence-electron chi connectivity index (χ0n) is 17.8. The summed E-state index contributed by atoms with van der Waals surface area (Å²) in [6.45, 7) is 2.61. The molecular formula is C26H21ClN4O. The molecular weight excluding hydrogens is 420 g/mol. The lowest BCUT2D eigenvalue weighted by Gasteiger charge is -2.22. The predicted molar refractivity (Wildman–Crippen MR) is 132 cm³/mol. The molecule has 1 aliphatic rings. The van der Waals surface area contributed by atoms with E-state index in [0.717, 1.165) is 11.1 Å². The number of fused-ring (bicyclic) bond motifs is 3. The molecule has 1 amide bonds. The quantitative estimate of drug-likeness (QED) is 0.356. The average molecular weight is 441 g/mol. The summed E-state index contributed by atoms with van der Waals surface area (Å²) in [5.74, 6) is 1.08. The van der Waals surface area contributed by atoms with Gasteiger partial charge in [0, 0.05) is 19.8 Å². The number of rotatable bonds is 3. The molecule has 0 atom stereocenters. The number of carbonyl (C=O) groups excluding carboxylic acids is 1. The van der Waals surface area contributed by atoms with E-state index >= 15 is 0 Å². The smallest absolute Gasteiger partial charge is 0.261 e. The van der Waals surface area contributed by atoms with Gasteiger partial charge in [-0.1, -0.05) is 60.2 Å². The number of anilines is 3. The molecule has 0 saturated carbocycles. The van der Waals surface area contributed by atoms with E-state index in [4.69, 9.17) is 11.6 Å². The number of benzene rings is 2. The van der Waals surface area contributed by atoms with Crippen LogP contribution >= 0.6 is 11.6 Å². The lowest BCUT2D eigenvalue weighted by atomic mass is 10.1. The third-order valence-corrected chi connectivity index (χ3v) is 5.88. The van der Waals surface area contributed by atoms with Gasteiger partial charge in [-0.05, 0) is 53.1 Å². The molecule has 32 heavy (non-hydrogen) atoms. The van der Waals surface area contributed by atoms with Crippen molar-refractivity contribution in [3.63, 3.8) is 0 Å². The molecule has 5 nitrogen and oxygen atoms in total. The maximum absolute atomic E-state index is 13.3.